The molecule has 0 amide bonds. The maximum Gasteiger partial charge on any atom is 0.113 e. The molecule has 1 heterocycles. The van der Waals surface area contributed by atoms with Gasteiger partial charge in [-0.1, -0.05) is 19.8 Å². The third-order valence-electron chi connectivity index (χ3n) is 2.26. The average Bonchev–Trinajstić information content (AvgIpc) is 2.55. The molecule has 0 aliphatic carbocycles. The number of unbranched alkanes of at least 4 members (excludes halogenated alkanes) is 1. The Kier molecular flexibility index (Phi) is 2.55. The van der Waals surface area contributed by atoms with Crippen LogP contribution in [0.25, 0.3) is 0 Å². The largest absolute Gasteiger partial charge is 0.390 e. The fourth-order valence-electron chi connectivity index (χ4n) is 1.40. The van der Waals surface area contributed by atoms with E-state index in [9.17, 15) is 5.11 Å². The zero-order chi connectivity index (χ0) is 8.48. The summed E-state index contributed by atoms with van der Waals surface area (Å²) in [6.45, 7) is 6.17. The van der Waals surface area contributed by atoms with Gasteiger partial charge in [0.2, 0.25) is 0 Å². The van der Waals surface area contributed by atoms with Crippen molar-refractivity contribution in [2.24, 2.45) is 0 Å². The first-order valence-corrected chi connectivity index (χ1v) is 4.44. The number of rotatable bonds is 4. The SMILES string of the molecule is CCCCC(O)C1OC1(C)C. The van der Waals surface area contributed by atoms with Gasteiger partial charge in [0.25, 0.3) is 0 Å². The molecule has 2 nitrogen and oxygen atoms in total. The number of aliphatic hydroxyl groups is 1. The van der Waals surface area contributed by atoms with E-state index >= 15 is 0 Å². The quantitative estimate of drug-likeness (QED) is 0.632. The zero-order valence-corrected chi connectivity index (χ0v) is 7.63. The van der Waals surface area contributed by atoms with E-state index < -0.39 is 0 Å². The summed E-state index contributed by atoms with van der Waals surface area (Å²) < 4.78 is 5.31. The van der Waals surface area contributed by atoms with E-state index in [1.807, 2.05) is 13.8 Å². The average molecular weight is 158 g/mol. The predicted octanol–water partition coefficient (Wildman–Crippen LogP) is 1.71. The molecule has 1 rings (SSSR count). The summed E-state index contributed by atoms with van der Waals surface area (Å²) in [5.74, 6) is 0. The van der Waals surface area contributed by atoms with Gasteiger partial charge in [-0.05, 0) is 20.3 Å². The van der Waals surface area contributed by atoms with Crippen molar-refractivity contribution < 1.29 is 9.84 Å². The molecule has 2 heteroatoms. The van der Waals surface area contributed by atoms with Gasteiger partial charge in [-0.3, -0.25) is 0 Å². The molecule has 1 aliphatic heterocycles. The number of hydrogen-bond acceptors (Lipinski definition) is 2. The summed E-state index contributed by atoms with van der Waals surface area (Å²) in [7, 11) is 0. The highest BCUT2D eigenvalue weighted by molar-refractivity contribution is 4.99. The number of aliphatic hydroxyl groups excluding tert-OH is 1. The lowest BCUT2D eigenvalue weighted by atomic mass is 10.0. The van der Waals surface area contributed by atoms with Crippen LogP contribution in [0, 0.1) is 0 Å². The van der Waals surface area contributed by atoms with E-state index in [0.717, 1.165) is 19.3 Å². The maximum absolute atomic E-state index is 9.53. The Morgan fingerprint density at radius 1 is 1.55 bits per heavy atom. The van der Waals surface area contributed by atoms with Crippen LogP contribution in [-0.2, 0) is 4.74 Å². The molecule has 0 bridgehead atoms. The van der Waals surface area contributed by atoms with Crippen LogP contribution in [0.3, 0.4) is 0 Å². The van der Waals surface area contributed by atoms with E-state index in [-0.39, 0.29) is 17.8 Å². The van der Waals surface area contributed by atoms with Crippen molar-refractivity contribution in [3.8, 4) is 0 Å². The molecule has 1 N–H and O–H groups in total. The summed E-state index contributed by atoms with van der Waals surface area (Å²) in [6, 6.07) is 0. The molecule has 0 radical (unpaired) electrons. The van der Waals surface area contributed by atoms with Crippen LogP contribution in [0.4, 0.5) is 0 Å². The molecule has 0 saturated carbocycles. The van der Waals surface area contributed by atoms with Crippen molar-refractivity contribution in [2.75, 3.05) is 0 Å². The van der Waals surface area contributed by atoms with E-state index in [1.165, 1.54) is 0 Å². The summed E-state index contributed by atoms with van der Waals surface area (Å²) in [5, 5.41) is 9.53. The third-order valence-corrected chi connectivity index (χ3v) is 2.26. The smallest absolute Gasteiger partial charge is 0.113 e. The van der Waals surface area contributed by atoms with Gasteiger partial charge in [0.1, 0.15) is 6.10 Å². The highest BCUT2D eigenvalue weighted by atomic mass is 16.6. The van der Waals surface area contributed by atoms with Crippen LogP contribution in [0.5, 0.6) is 0 Å². The normalized spacial score (nSPS) is 30.0. The molecule has 2 atom stereocenters. The summed E-state index contributed by atoms with van der Waals surface area (Å²) in [6.07, 6.45) is 2.96. The van der Waals surface area contributed by atoms with Crippen LogP contribution in [0.1, 0.15) is 40.0 Å². The molecule has 0 aromatic carbocycles. The summed E-state index contributed by atoms with van der Waals surface area (Å²) in [4.78, 5) is 0. The number of ether oxygens (including phenoxy) is 1. The molecule has 0 aromatic rings. The Morgan fingerprint density at radius 3 is 2.45 bits per heavy atom. The lowest BCUT2D eigenvalue weighted by Gasteiger charge is -2.06. The van der Waals surface area contributed by atoms with Gasteiger partial charge in [0.15, 0.2) is 0 Å². The highest BCUT2D eigenvalue weighted by Crippen LogP contribution is 2.38. The highest BCUT2D eigenvalue weighted by Gasteiger charge is 2.51. The minimum atomic E-state index is -0.245. The number of hydrogen-bond donors (Lipinski definition) is 1. The monoisotopic (exact) mass is 158 g/mol. The van der Waals surface area contributed by atoms with Crippen LogP contribution in [-0.4, -0.2) is 22.9 Å². The lowest BCUT2D eigenvalue weighted by Crippen LogP contribution is -2.20. The van der Waals surface area contributed by atoms with E-state index in [1.54, 1.807) is 0 Å². The summed E-state index contributed by atoms with van der Waals surface area (Å²) in [5.41, 5.74) is -0.0623. The Morgan fingerprint density at radius 2 is 2.09 bits per heavy atom. The van der Waals surface area contributed by atoms with Crippen LogP contribution in [0.2, 0.25) is 0 Å². The standard InChI is InChI=1S/C9H18O2/c1-4-5-6-7(10)8-9(2,3)11-8/h7-8,10H,4-6H2,1-3H3. The van der Waals surface area contributed by atoms with Crippen LogP contribution >= 0.6 is 0 Å². The van der Waals surface area contributed by atoms with Gasteiger partial charge in [-0.15, -0.1) is 0 Å². The molecule has 1 fully saturated rings. The van der Waals surface area contributed by atoms with Crippen molar-refractivity contribution in [3.05, 3.63) is 0 Å². The minimum absolute atomic E-state index is 0.0623. The second-order valence-electron chi connectivity index (χ2n) is 3.85. The van der Waals surface area contributed by atoms with Gasteiger partial charge in [0.05, 0.1) is 11.7 Å². The molecule has 11 heavy (non-hydrogen) atoms. The Labute approximate surface area is 68.6 Å². The first-order valence-electron chi connectivity index (χ1n) is 4.44. The molecule has 1 saturated heterocycles. The first kappa shape index (κ1) is 9.01. The number of epoxide rings is 1. The fraction of sp³-hybridized carbons (Fsp3) is 1.00. The topological polar surface area (TPSA) is 32.8 Å². The molecule has 0 spiro atoms. The third kappa shape index (κ3) is 2.17. The second-order valence-corrected chi connectivity index (χ2v) is 3.85. The van der Waals surface area contributed by atoms with E-state index in [0.29, 0.717) is 0 Å². The van der Waals surface area contributed by atoms with Crippen molar-refractivity contribution in [1.29, 1.82) is 0 Å². The fourth-order valence-corrected chi connectivity index (χ4v) is 1.40. The van der Waals surface area contributed by atoms with Crippen molar-refractivity contribution in [3.63, 3.8) is 0 Å². The van der Waals surface area contributed by atoms with Gasteiger partial charge in [-0.25, -0.2) is 0 Å². The Balaban J connectivity index is 2.17. The molecule has 2 unspecified atom stereocenters. The zero-order valence-electron chi connectivity index (χ0n) is 7.63. The molecule has 0 aromatic heterocycles. The minimum Gasteiger partial charge on any atom is -0.390 e. The van der Waals surface area contributed by atoms with E-state index in [4.69, 9.17) is 4.74 Å². The Hall–Kier alpha value is -0.0800. The Bertz CT molecular complexity index is 132. The summed E-state index contributed by atoms with van der Waals surface area (Å²) >= 11 is 0. The first-order chi connectivity index (χ1) is 5.08. The van der Waals surface area contributed by atoms with Crippen LogP contribution in [0.15, 0.2) is 0 Å². The van der Waals surface area contributed by atoms with Crippen molar-refractivity contribution in [2.45, 2.75) is 57.8 Å². The van der Waals surface area contributed by atoms with Crippen LogP contribution < -0.4 is 0 Å². The van der Waals surface area contributed by atoms with Gasteiger partial charge < -0.3 is 9.84 Å². The van der Waals surface area contributed by atoms with Crippen molar-refractivity contribution >= 4 is 0 Å². The van der Waals surface area contributed by atoms with E-state index in [2.05, 4.69) is 6.92 Å². The molecular weight excluding hydrogens is 140 g/mol. The van der Waals surface area contributed by atoms with Gasteiger partial charge in [0, 0.05) is 0 Å². The molecule has 1 aliphatic rings. The second kappa shape index (κ2) is 3.11. The van der Waals surface area contributed by atoms with Gasteiger partial charge >= 0.3 is 0 Å². The molecular formula is C9H18O2. The molecule has 66 valence electrons. The van der Waals surface area contributed by atoms with Gasteiger partial charge in [-0.2, -0.15) is 0 Å². The lowest BCUT2D eigenvalue weighted by molar-refractivity contribution is 0.124. The van der Waals surface area contributed by atoms with Crippen molar-refractivity contribution in [1.82, 2.24) is 0 Å². The maximum atomic E-state index is 9.53. The predicted molar refractivity (Wildman–Crippen MR) is 44.5 cm³/mol.